The van der Waals surface area contributed by atoms with Gasteiger partial charge in [0.1, 0.15) is 0 Å². The minimum absolute atomic E-state index is 0. The Bertz CT molecular complexity index is 3350. The van der Waals surface area contributed by atoms with E-state index in [4.69, 9.17) is 0 Å². The van der Waals surface area contributed by atoms with Crippen molar-refractivity contribution in [2.24, 2.45) is 0 Å². The molecular weight excluding hydrogens is 629 g/mol. The highest BCUT2D eigenvalue weighted by Crippen LogP contribution is 2.47. The Morgan fingerprint density at radius 2 is 0.731 bits per heavy atom. The van der Waals surface area contributed by atoms with Crippen molar-refractivity contribution in [2.45, 2.75) is 0 Å². The molecule has 0 atom stereocenters. The zero-order chi connectivity index (χ0) is 33.2. The average Bonchev–Trinajstić information content (AvgIpc) is 3.92. The van der Waals surface area contributed by atoms with Gasteiger partial charge < -0.3 is 13.5 Å². The average molecular weight is 663 g/mol. The molecule has 8 aromatic carbocycles. The minimum Gasteiger partial charge on any atom is -0.309 e. The lowest BCUT2D eigenvalue weighted by Gasteiger charge is -2.10. The normalized spacial score (nSPS) is 12.1. The van der Waals surface area contributed by atoms with Gasteiger partial charge in [0.2, 0.25) is 0 Å². The maximum atomic E-state index is 2.49. The number of hydrogen-bond acceptors (Lipinski definition) is 0. The molecule has 4 aromatic heterocycles. The largest absolute Gasteiger partial charge is 0.309 e. The summed E-state index contributed by atoms with van der Waals surface area (Å²) in [5.74, 6) is 0. The van der Waals surface area contributed by atoms with Gasteiger partial charge in [-0.1, -0.05) is 112 Å². The fraction of sp³-hybridized carbons (Fsp3) is 0. The maximum Gasteiger partial charge on any atom is 0.0642 e. The Morgan fingerprint density at radius 3 is 1.38 bits per heavy atom. The second-order valence-electron chi connectivity index (χ2n) is 13.7. The lowest BCUT2D eigenvalue weighted by molar-refractivity contribution is 1.18. The van der Waals surface area contributed by atoms with Gasteiger partial charge in [-0.3, -0.25) is 0 Å². The molecule has 0 aliphatic heterocycles. The third-order valence-electron chi connectivity index (χ3n) is 11.1. The van der Waals surface area contributed by atoms with E-state index < -0.39 is 0 Å². The molecule has 0 unspecified atom stereocenters. The van der Waals surface area contributed by atoms with Crippen molar-refractivity contribution in [3.8, 4) is 22.5 Å². The summed E-state index contributed by atoms with van der Waals surface area (Å²) >= 11 is 0. The van der Waals surface area contributed by atoms with Gasteiger partial charge >= 0.3 is 0 Å². The number of nitrogens with zero attached hydrogens (tertiary/aromatic N) is 3. The highest BCUT2D eigenvalue weighted by atomic mass is 15.0. The van der Waals surface area contributed by atoms with Gasteiger partial charge in [0.15, 0.2) is 0 Å². The van der Waals surface area contributed by atoms with Crippen molar-refractivity contribution in [2.75, 3.05) is 0 Å². The van der Waals surface area contributed by atoms with Crippen molar-refractivity contribution >= 4 is 90.1 Å². The first-order valence-electron chi connectivity index (χ1n) is 17.6. The number of para-hydroxylation sites is 5. The third kappa shape index (κ3) is 3.71. The van der Waals surface area contributed by atoms with Gasteiger partial charge in [0.25, 0.3) is 0 Å². The molecule has 4 heteroatoms. The summed E-state index contributed by atoms with van der Waals surface area (Å²) in [6, 6.07) is 64.6. The topological polar surface area (TPSA) is 14.3 Å². The van der Waals surface area contributed by atoms with Crippen molar-refractivity contribution in [1.82, 2.24) is 13.5 Å². The van der Waals surface area contributed by atoms with E-state index in [0.29, 0.717) is 0 Å². The molecule has 4 heterocycles. The zero-order valence-corrected chi connectivity index (χ0v) is 27.6. The predicted molar refractivity (Wildman–Crippen MR) is 227 cm³/mol. The Kier molecular flexibility index (Phi) is 5.92. The van der Waals surface area contributed by atoms with Gasteiger partial charge in [0, 0.05) is 54.5 Å². The lowest BCUT2D eigenvalue weighted by Crippen LogP contribution is -1.94. The molecule has 12 rings (SSSR count). The smallest absolute Gasteiger partial charge is 0.0642 e. The van der Waals surface area contributed by atoms with Crippen LogP contribution in [-0.4, -0.2) is 21.9 Å². The van der Waals surface area contributed by atoms with Crippen LogP contribution in [0, 0.1) is 0 Å². The first-order chi connectivity index (χ1) is 25.3. The van der Waals surface area contributed by atoms with Crippen molar-refractivity contribution in [1.29, 1.82) is 0 Å². The van der Waals surface area contributed by atoms with E-state index in [1.807, 2.05) is 0 Å². The molecule has 0 saturated heterocycles. The van der Waals surface area contributed by atoms with Gasteiger partial charge in [-0.25, -0.2) is 0 Å². The fourth-order valence-electron chi connectivity index (χ4n) is 9.04. The van der Waals surface area contributed by atoms with Crippen LogP contribution in [0.2, 0.25) is 0 Å². The Balaban J connectivity index is 0.00000320. The molecule has 0 N–H and O–H groups in total. The van der Waals surface area contributed by atoms with Crippen LogP contribution in [0.15, 0.2) is 176 Å². The highest BCUT2D eigenvalue weighted by Gasteiger charge is 2.24. The molecule has 0 radical (unpaired) electrons. The summed E-state index contributed by atoms with van der Waals surface area (Å²) < 4.78 is 7.35. The molecule has 244 valence electrons. The van der Waals surface area contributed by atoms with Crippen LogP contribution >= 0.6 is 0 Å². The summed E-state index contributed by atoms with van der Waals surface area (Å²) in [5.41, 5.74) is 13.5. The van der Waals surface area contributed by atoms with Crippen LogP contribution < -0.4 is 0 Å². The molecule has 0 amide bonds. The summed E-state index contributed by atoms with van der Waals surface area (Å²) in [4.78, 5) is 0. The minimum atomic E-state index is 0. The Morgan fingerprint density at radius 1 is 0.288 bits per heavy atom. The first-order valence-corrected chi connectivity index (χ1v) is 17.6. The third-order valence-corrected chi connectivity index (χ3v) is 11.1. The lowest BCUT2D eigenvalue weighted by atomic mass is 9.99. The molecule has 0 saturated carbocycles. The number of fused-ring (bicyclic) bond motifs is 13. The summed E-state index contributed by atoms with van der Waals surface area (Å²) in [5, 5.41) is 10.3. The summed E-state index contributed by atoms with van der Waals surface area (Å²) in [7, 11) is 0. The number of benzene rings is 8. The second kappa shape index (κ2) is 10.6. The van der Waals surface area contributed by atoms with E-state index in [1.54, 1.807) is 0 Å². The van der Waals surface area contributed by atoms with E-state index in [9.17, 15) is 0 Å². The van der Waals surface area contributed by atoms with Crippen molar-refractivity contribution < 1.29 is 0 Å². The van der Waals surface area contributed by atoms with Gasteiger partial charge in [-0.05, 0) is 83.9 Å². The summed E-state index contributed by atoms with van der Waals surface area (Å²) in [6.45, 7) is 0. The Hall–Kier alpha value is -6.78. The number of hydrogen-bond donors (Lipinski definition) is 0. The fourth-order valence-corrected chi connectivity index (χ4v) is 9.04. The predicted octanol–water partition coefficient (Wildman–Crippen LogP) is 11.2. The van der Waals surface area contributed by atoms with Gasteiger partial charge in [0.05, 0.1) is 38.6 Å². The Labute approximate surface area is 301 Å². The maximum absolute atomic E-state index is 2.49. The van der Waals surface area contributed by atoms with Crippen molar-refractivity contribution in [3.05, 3.63) is 176 Å². The molecule has 0 bridgehead atoms. The van der Waals surface area contributed by atoms with E-state index in [1.165, 1.54) is 104 Å². The van der Waals surface area contributed by atoms with Crippen LogP contribution in [0.1, 0.15) is 0 Å². The molecule has 52 heavy (non-hydrogen) atoms. The molecule has 0 spiro atoms. The van der Waals surface area contributed by atoms with Crippen molar-refractivity contribution in [3.63, 3.8) is 0 Å². The van der Waals surface area contributed by atoms with Crippen LogP contribution in [0.3, 0.4) is 0 Å². The van der Waals surface area contributed by atoms with Crippen LogP contribution in [0.4, 0.5) is 0 Å². The number of rotatable bonds is 3. The second-order valence-corrected chi connectivity index (χ2v) is 13.7. The quantitative estimate of drug-likeness (QED) is 0.167. The highest BCUT2D eigenvalue weighted by molar-refractivity contribution is 6.34. The van der Waals surface area contributed by atoms with Crippen LogP contribution in [-0.2, 0) is 0 Å². The molecule has 0 aliphatic carbocycles. The van der Waals surface area contributed by atoms with Crippen LogP contribution in [0.25, 0.3) is 104 Å². The molecule has 12 aromatic rings. The monoisotopic (exact) mass is 662 g/mol. The van der Waals surface area contributed by atoms with E-state index >= 15 is 0 Å². The molecule has 0 fully saturated rings. The first kappa shape index (κ1) is 29.0. The molecular formula is C48H33BN3-. The number of aromatic nitrogens is 3. The van der Waals surface area contributed by atoms with E-state index in [0.717, 1.165) is 0 Å². The van der Waals surface area contributed by atoms with Gasteiger partial charge in [-0.15, -0.1) is 0 Å². The molecule has 3 nitrogen and oxygen atoms in total. The zero-order valence-electron chi connectivity index (χ0n) is 27.6. The van der Waals surface area contributed by atoms with Crippen LogP contribution in [0.5, 0.6) is 0 Å². The SMILES string of the molecule is [BH4-].c1ccc(-n2c3ccccc3c3cc(-c4ccc5c(c4)c4cc6c7ccccc7n7c8ccccc8c(c4n5-c4ccccc4)c67)ccc32)cc1. The molecule has 0 aliphatic rings. The van der Waals surface area contributed by atoms with E-state index in [2.05, 4.69) is 189 Å². The van der Waals surface area contributed by atoms with Gasteiger partial charge in [-0.2, -0.15) is 0 Å². The summed E-state index contributed by atoms with van der Waals surface area (Å²) in [6.07, 6.45) is 0. The standard InChI is InChI=1S/C48H29N3.BH4/c1-3-13-32(14-4-1)49-41-20-10-7-17-34(41)37-27-30(23-25-44(37)49)31-24-26-45-38(28-31)40-29-39-35-18-8-11-21-42(35)51-43-22-12-9-19-36(43)46(48(39)51)47(40)50(45)33-15-5-2-6-16-33;/h1-29H;1H4/q;-1. The van der Waals surface area contributed by atoms with E-state index in [-0.39, 0.29) is 8.41 Å².